The summed E-state index contributed by atoms with van der Waals surface area (Å²) in [6.07, 6.45) is 4.26. The average molecular weight is 410 g/mol. The first-order valence-corrected chi connectivity index (χ1v) is 10.8. The molecule has 4 rings (SSSR count). The Morgan fingerprint density at radius 2 is 1.93 bits per heavy atom. The van der Waals surface area contributed by atoms with E-state index in [1.807, 2.05) is 42.2 Å². The molecule has 160 valence electrons. The van der Waals surface area contributed by atoms with Gasteiger partial charge in [0.2, 0.25) is 5.91 Å². The number of amides is 1. The van der Waals surface area contributed by atoms with E-state index in [9.17, 15) is 4.79 Å². The van der Waals surface area contributed by atoms with Crippen LogP contribution in [0.25, 0.3) is 11.0 Å². The molecule has 3 aromatic rings. The van der Waals surface area contributed by atoms with Gasteiger partial charge >= 0.3 is 0 Å². The van der Waals surface area contributed by atoms with Gasteiger partial charge in [0.15, 0.2) is 0 Å². The van der Waals surface area contributed by atoms with Crippen molar-refractivity contribution in [3.8, 4) is 0 Å². The average Bonchev–Trinajstić information content (AvgIpc) is 3.44. The number of para-hydroxylation sites is 2. The predicted octanol–water partition coefficient (Wildman–Crippen LogP) is 4.35. The van der Waals surface area contributed by atoms with Gasteiger partial charge in [-0.3, -0.25) is 9.48 Å². The second kappa shape index (κ2) is 8.22. The third kappa shape index (κ3) is 3.74. The van der Waals surface area contributed by atoms with E-state index < -0.39 is 0 Å². The first-order chi connectivity index (χ1) is 14.4. The van der Waals surface area contributed by atoms with Crippen LogP contribution in [0.1, 0.15) is 76.7 Å². The lowest BCUT2D eigenvalue weighted by molar-refractivity contribution is -0.127. The number of carbonyl (C=O) groups excluding carboxylic acids is 1. The Bertz CT molecular complexity index is 1040. The summed E-state index contributed by atoms with van der Waals surface area (Å²) in [7, 11) is 0. The zero-order chi connectivity index (χ0) is 21.4. The molecule has 0 aliphatic carbocycles. The van der Waals surface area contributed by atoms with Crippen molar-refractivity contribution in [2.45, 2.75) is 65.3 Å². The largest absolute Gasteiger partial charge is 0.373 e. The van der Waals surface area contributed by atoms with Crippen molar-refractivity contribution in [2.24, 2.45) is 5.92 Å². The number of imidazole rings is 1. The molecule has 1 saturated heterocycles. The van der Waals surface area contributed by atoms with Crippen molar-refractivity contribution < 1.29 is 9.53 Å². The molecular weight excluding hydrogens is 378 g/mol. The molecule has 3 atom stereocenters. The molecule has 7 nitrogen and oxygen atoms in total. The van der Waals surface area contributed by atoms with E-state index in [-0.39, 0.29) is 36.1 Å². The smallest absolute Gasteiger partial charge is 0.226 e. The first kappa shape index (κ1) is 20.6. The summed E-state index contributed by atoms with van der Waals surface area (Å²) >= 11 is 0. The summed E-state index contributed by atoms with van der Waals surface area (Å²) in [5.74, 6) is 0.654. The number of carbonyl (C=O) groups is 1. The van der Waals surface area contributed by atoms with Gasteiger partial charge in [-0.1, -0.05) is 12.1 Å². The molecule has 0 saturated carbocycles. The van der Waals surface area contributed by atoms with Crippen molar-refractivity contribution in [1.82, 2.24) is 24.6 Å². The summed E-state index contributed by atoms with van der Waals surface area (Å²) < 4.78 is 10.0. The highest BCUT2D eigenvalue weighted by atomic mass is 16.5. The normalized spacial score (nSPS) is 20.4. The van der Waals surface area contributed by atoms with E-state index >= 15 is 0 Å². The Labute approximate surface area is 177 Å². The maximum Gasteiger partial charge on any atom is 0.226 e. The molecule has 1 aliphatic rings. The van der Waals surface area contributed by atoms with Crippen molar-refractivity contribution in [3.05, 3.63) is 48.0 Å². The molecule has 0 bridgehead atoms. The van der Waals surface area contributed by atoms with Crippen LogP contribution in [0, 0.1) is 5.92 Å². The third-order valence-corrected chi connectivity index (χ3v) is 5.79. The second-order valence-electron chi connectivity index (χ2n) is 8.69. The third-order valence-electron chi connectivity index (χ3n) is 5.79. The lowest BCUT2D eigenvalue weighted by atomic mass is 9.96. The molecule has 1 fully saturated rings. The lowest BCUT2D eigenvalue weighted by Crippen LogP contribution is -2.35. The Hall–Kier alpha value is -2.67. The molecule has 0 spiro atoms. The van der Waals surface area contributed by atoms with Gasteiger partial charge in [0, 0.05) is 30.5 Å². The van der Waals surface area contributed by atoms with Gasteiger partial charge in [0.1, 0.15) is 5.82 Å². The number of fused-ring (bicyclic) bond motifs is 1. The molecule has 3 heterocycles. The summed E-state index contributed by atoms with van der Waals surface area (Å²) in [6, 6.07) is 8.42. The zero-order valence-corrected chi connectivity index (χ0v) is 18.4. The molecule has 1 aliphatic heterocycles. The highest BCUT2D eigenvalue weighted by Crippen LogP contribution is 2.35. The standard InChI is InChI=1S/C23H31N5O2/c1-14(2)27-13-17(12-24-27)21-18(10-11-30-21)23(29)25-16(5)22-26-19-8-6-7-9-20(19)28(22)15(3)4/h6-9,12-16,18,21H,10-11H2,1-5H3,(H,25,29)/t16-,18-,21+/m0/s1. The Balaban J connectivity index is 1.54. The zero-order valence-electron chi connectivity index (χ0n) is 18.4. The second-order valence-corrected chi connectivity index (χ2v) is 8.69. The quantitative estimate of drug-likeness (QED) is 0.657. The maximum atomic E-state index is 13.2. The van der Waals surface area contributed by atoms with Gasteiger partial charge in [-0.15, -0.1) is 0 Å². The number of nitrogens with zero attached hydrogens (tertiary/aromatic N) is 4. The molecule has 1 aromatic carbocycles. The van der Waals surface area contributed by atoms with Crippen LogP contribution in [0.5, 0.6) is 0 Å². The van der Waals surface area contributed by atoms with Crippen LogP contribution in [0.3, 0.4) is 0 Å². The fraction of sp³-hybridized carbons (Fsp3) is 0.522. The summed E-state index contributed by atoms with van der Waals surface area (Å²) in [6.45, 7) is 11.0. The molecule has 30 heavy (non-hydrogen) atoms. The van der Waals surface area contributed by atoms with Crippen LogP contribution in [-0.4, -0.2) is 31.8 Å². The van der Waals surface area contributed by atoms with E-state index in [1.165, 1.54) is 0 Å². The molecule has 0 radical (unpaired) electrons. The van der Waals surface area contributed by atoms with E-state index in [0.29, 0.717) is 13.0 Å². The molecule has 7 heteroatoms. The number of nitrogens with one attached hydrogen (secondary N) is 1. The molecule has 0 unspecified atom stereocenters. The Kier molecular flexibility index (Phi) is 5.64. The number of hydrogen-bond acceptors (Lipinski definition) is 4. The number of benzene rings is 1. The number of rotatable bonds is 6. The molecule has 2 aromatic heterocycles. The number of ether oxygens (including phenoxy) is 1. The molecule has 1 N–H and O–H groups in total. The lowest BCUT2D eigenvalue weighted by Gasteiger charge is -2.22. The fourth-order valence-electron chi connectivity index (χ4n) is 4.26. The van der Waals surface area contributed by atoms with Crippen LogP contribution in [0.2, 0.25) is 0 Å². The minimum absolute atomic E-state index is 0.00431. The van der Waals surface area contributed by atoms with E-state index in [1.54, 1.807) is 0 Å². The van der Waals surface area contributed by atoms with Crippen molar-refractivity contribution in [2.75, 3.05) is 6.61 Å². The molecular formula is C23H31N5O2. The first-order valence-electron chi connectivity index (χ1n) is 10.8. The van der Waals surface area contributed by atoms with E-state index in [0.717, 1.165) is 22.4 Å². The Morgan fingerprint density at radius 3 is 2.63 bits per heavy atom. The van der Waals surface area contributed by atoms with Crippen molar-refractivity contribution in [1.29, 1.82) is 0 Å². The monoisotopic (exact) mass is 409 g/mol. The topological polar surface area (TPSA) is 74.0 Å². The minimum Gasteiger partial charge on any atom is -0.373 e. The van der Waals surface area contributed by atoms with Crippen LogP contribution in [0.4, 0.5) is 0 Å². The number of aromatic nitrogens is 4. The van der Waals surface area contributed by atoms with Crippen LogP contribution >= 0.6 is 0 Å². The summed E-state index contributed by atoms with van der Waals surface area (Å²) in [4.78, 5) is 18.0. The van der Waals surface area contributed by atoms with Crippen molar-refractivity contribution in [3.63, 3.8) is 0 Å². The molecule has 1 amide bonds. The van der Waals surface area contributed by atoms with E-state index in [4.69, 9.17) is 9.72 Å². The van der Waals surface area contributed by atoms with Gasteiger partial charge in [0.05, 0.1) is 35.3 Å². The highest BCUT2D eigenvalue weighted by Gasteiger charge is 2.37. The van der Waals surface area contributed by atoms with Gasteiger partial charge in [0.25, 0.3) is 0 Å². The number of hydrogen-bond donors (Lipinski definition) is 1. The van der Waals surface area contributed by atoms with Gasteiger partial charge < -0.3 is 14.6 Å². The predicted molar refractivity (Wildman–Crippen MR) is 116 cm³/mol. The fourth-order valence-corrected chi connectivity index (χ4v) is 4.26. The summed E-state index contributed by atoms with van der Waals surface area (Å²) in [5, 5.41) is 7.60. The minimum atomic E-state index is -0.256. The maximum absolute atomic E-state index is 13.2. The van der Waals surface area contributed by atoms with Crippen molar-refractivity contribution >= 4 is 16.9 Å². The van der Waals surface area contributed by atoms with Crippen LogP contribution < -0.4 is 5.32 Å². The highest BCUT2D eigenvalue weighted by molar-refractivity contribution is 5.81. The van der Waals surface area contributed by atoms with Crippen LogP contribution in [0.15, 0.2) is 36.7 Å². The van der Waals surface area contributed by atoms with Crippen LogP contribution in [-0.2, 0) is 9.53 Å². The van der Waals surface area contributed by atoms with Gasteiger partial charge in [-0.05, 0) is 53.2 Å². The van der Waals surface area contributed by atoms with Gasteiger partial charge in [-0.25, -0.2) is 4.98 Å². The SMILES string of the molecule is CC(C)n1cc([C@H]2OCC[C@@H]2C(=O)N[C@@H](C)c2nc3ccccc3n2C(C)C)cn1. The van der Waals surface area contributed by atoms with E-state index in [2.05, 4.69) is 48.7 Å². The van der Waals surface area contributed by atoms with Gasteiger partial charge in [-0.2, -0.15) is 5.10 Å². The summed E-state index contributed by atoms with van der Waals surface area (Å²) in [5.41, 5.74) is 3.00. The Morgan fingerprint density at radius 1 is 1.17 bits per heavy atom.